The number of fused-ring (bicyclic) bond motifs is 2. The van der Waals surface area contributed by atoms with Crippen LogP contribution in [0, 0.1) is 0 Å². The van der Waals surface area contributed by atoms with E-state index in [2.05, 4.69) is 15.3 Å². The first-order valence-electron chi connectivity index (χ1n) is 9.62. The zero-order valence-electron chi connectivity index (χ0n) is 16.3. The Morgan fingerprint density at radius 1 is 1.03 bits per heavy atom. The standard InChI is InChI=1S/C21H18Cl2FN3O4/c1-28-16-5-11-15(6-17(16)31-18-8-30-19-14(24)7-29-20(18)19)25-9-26-21(11)27-10-2-3-12(22)13(23)4-10/h2-6,9,14,18-20H,7-8H2,1H3,(H,25,26,27)/t14-,18-,19+,20?/m1/s1. The van der Waals surface area contributed by atoms with E-state index in [9.17, 15) is 4.39 Å². The highest BCUT2D eigenvalue weighted by molar-refractivity contribution is 6.42. The molecule has 4 atom stereocenters. The van der Waals surface area contributed by atoms with Crippen LogP contribution in [0.4, 0.5) is 15.9 Å². The lowest BCUT2D eigenvalue weighted by molar-refractivity contribution is 0.0271. The molecule has 1 N–H and O–H groups in total. The van der Waals surface area contributed by atoms with Gasteiger partial charge in [0, 0.05) is 17.1 Å². The van der Waals surface area contributed by atoms with E-state index in [4.69, 9.17) is 42.1 Å². The van der Waals surface area contributed by atoms with Crippen molar-refractivity contribution in [1.29, 1.82) is 0 Å². The molecule has 0 aliphatic carbocycles. The molecular weight excluding hydrogens is 448 g/mol. The van der Waals surface area contributed by atoms with Crippen LogP contribution in [0.25, 0.3) is 10.9 Å². The number of nitrogens with one attached hydrogen (secondary N) is 1. The third-order valence-electron chi connectivity index (χ3n) is 5.33. The average Bonchev–Trinajstić information content (AvgIpc) is 3.34. The van der Waals surface area contributed by atoms with Gasteiger partial charge in [-0.15, -0.1) is 0 Å². The molecule has 2 fully saturated rings. The number of methoxy groups -OCH3 is 1. The molecule has 0 bridgehead atoms. The smallest absolute Gasteiger partial charge is 0.164 e. The zero-order valence-corrected chi connectivity index (χ0v) is 17.9. The Balaban J connectivity index is 1.45. The van der Waals surface area contributed by atoms with E-state index in [-0.39, 0.29) is 13.2 Å². The number of rotatable bonds is 5. The number of aromatic nitrogens is 2. The van der Waals surface area contributed by atoms with E-state index in [0.29, 0.717) is 32.9 Å². The van der Waals surface area contributed by atoms with Crippen molar-refractivity contribution in [3.8, 4) is 11.5 Å². The molecule has 3 heterocycles. The number of hydrogen-bond donors (Lipinski definition) is 1. The third kappa shape index (κ3) is 3.85. The van der Waals surface area contributed by atoms with Crippen molar-refractivity contribution in [2.45, 2.75) is 24.5 Å². The maximum atomic E-state index is 13.8. The first-order valence-corrected chi connectivity index (χ1v) is 10.4. The summed E-state index contributed by atoms with van der Waals surface area (Å²) in [5.74, 6) is 1.52. The fraction of sp³-hybridized carbons (Fsp3) is 0.333. The molecular formula is C21H18Cl2FN3O4. The van der Waals surface area contributed by atoms with Gasteiger partial charge < -0.3 is 24.3 Å². The van der Waals surface area contributed by atoms with Crippen LogP contribution in [-0.2, 0) is 9.47 Å². The lowest BCUT2D eigenvalue weighted by Crippen LogP contribution is -2.33. The quantitative estimate of drug-likeness (QED) is 0.591. The number of halogens is 3. The van der Waals surface area contributed by atoms with Crippen LogP contribution >= 0.6 is 23.2 Å². The Labute approximate surface area is 187 Å². The maximum absolute atomic E-state index is 13.8. The van der Waals surface area contributed by atoms with Gasteiger partial charge in [0.2, 0.25) is 0 Å². The van der Waals surface area contributed by atoms with E-state index >= 15 is 0 Å². The molecule has 2 aromatic carbocycles. The lowest BCUT2D eigenvalue weighted by atomic mass is 10.1. The van der Waals surface area contributed by atoms with Gasteiger partial charge in [0.15, 0.2) is 23.8 Å². The van der Waals surface area contributed by atoms with Gasteiger partial charge in [0.05, 0.1) is 35.9 Å². The monoisotopic (exact) mass is 465 g/mol. The van der Waals surface area contributed by atoms with Crippen molar-refractivity contribution in [3.05, 3.63) is 46.7 Å². The predicted molar refractivity (Wildman–Crippen MR) is 115 cm³/mol. The van der Waals surface area contributed by atoms with Crippen molar-refractivity contribution in [2.75, 3.05) is 25.6 Å². The molecule has 2 aliphatic heterocycles. The molecule has 162 valence electrons. The molecule has 0 spiro atoms. The van der Waals surface area contributed by atoms with Gasteiger partial charge in [-0.1, -0.05) is 23.2 Å². The van der Waals surface area contributed by atoms with E-state index in [1.54, 1.807) is 37.4 Å². The van der Waals surface area contributed by atoms with Crippen LogP contribution in [0.15, 0.2) is 36.7 Å². The molecule has 5 rings (SSSR count). The molecule has 1 unspecified atom stereocenters. The summed E-state index contributed by atoms with van der Waals surface area (Å²) in [5, 5.41) is 4.84. The summed E-state index contributed by atoms with van der Waals surface area (Å²) >= 11 is 12.1. The van der Waals surface area contributed by atoms with Crippen molar-refractivity contribution < 1.29 is 23.3 Å². The van der Waals surface area contributed by atoms with Crippen LogP contribution in [-0.4, -0.2) is 54.8 Å². The first kappa shape index (κ1) is 20.5. The average molecular weight is 466 g/mol. The number of ether oxygens (including phenoxy) is 4. The van der Waals surface area contributed by atoms with Crippen LogP contribution < -0.4 is 14.8 Å². The van der Waals surface area contributed by atoms with Gasteiger partial charge in [-0.25, -0.2) is 14.4 Å². The van der Waals surface area contributed by atoms with Gasteiger partial charge in [0.25, 0.3) is 0 Å². The van der Waals surface area contributed by atoms with E-state index < -0.39 is 24.5 Å². The molecule has 1 aromatic heterocycles. The first-order chi connectivity index (χ1) is 15.0. The number of anilines is 2. The summed E-state index contributed by atoms with van der Waals surface area (Å²) in [6.45, 7) is 0.256. The Bertz CT molecular complexity index is 1140. The second-order valence-corrected chi connectivity index (χ2v) is 8.08. The molecule has 7 nitrogen and oxygen atoms in total. The Morgan fingerprint density at radius 3 is 2.68 bits per heavy atom. The lowest BCUT2D eigenvalue weighted by Gasteiger charge is -2.20. The van der Waals surface area contributed by atoms with Gasteiger partial charge in [-0.2, -0.15) is 0 Å². The fourth-order valence-corrected chi connectivity index (χ4v) is 4.11. The normalized spacial score (nSPS) is 24.9. The zero-order chi connectivity index (χ0) is 21.5. The van der Waals surface area contributed by atoms with Crippen LogP contribution in [0.5, 0.6) is 11.5 Å². The van der Waals surface area contributed by atoms with Crippen molar-refractivity contribution >= 4 is 45.6 Å². The molecule has 3 aromatic rings. The Kier molecular flexibility index (Phi) is 5.47. The summed E-state index contributed by atoms with van der Waals surface area (Å²) < 4.78 is 36.5. The number of alkyl halides is 1. The molecule has 2 saturated heterocycles. The van der Waals surface area contributed by atoms with E-state index in [0.717, 1.165) is 11.1 Å². The number of hydrogen-bond acceptors (Lipinski definition) is 7. The predicted octanol–water partition coefficient (Wildman–Crippen LogP) is 4.57. The SMILES string of the molecule is COc1cc2c(Nc3ccc(Cl)c(Cl)c3)ncnc2cc1O[C@@H]1CO[C@@H]2C1OC[C@H]2F. The van der Waals surface area contributed by atoms with Crippen molar-refractivity contribution in [3.63, 3.8) is 0 Å². The highest BCUT2D eigenvalue weighted by atomic mass is 35.5. The van der Waals surface area contributed by atoms with Crippen LogP contribution in [0.1, 0.15) is 0 Å². The second-order valence-electron chi connectivity index (χ2n) is 7.26. The largest absolute Gasteiger partial charge is 0.493 e. The number of benzene rings is 2. The summed E-state index contributed by atoms with van der Waals surface area (Å²) in [7, 11) is 1.54. The molecule has 10 heteroatoms. The minimum atomic E-state index is -1.14. The van der Waals surface area contributed by atoms with Gasteiger partial charge >= 0.3 is 0 Å². The van der Waals surface area contributed by atoms with Crippen LogP contribution in [0.3, 0.4) is 0 Å². The molecule has 0 radical (unpaired) electrons. The van der Waals surface area contributed by atoms with Gasteiger partial charge in [-0.05, 0) is 24.3 Å². The van der Waals surface area contributed by atoms with Gasteiger partial charge in [-0.3, -0.25) is 0 Å². The molecule has 2 aliphatic rings. The molecule has 31 heavy (non-hydrogen) atoms. The minimum absolute atomic E-state index is 0.0149. The molecule has 0 amide bonds. The minimum Gasteiger partial charge on any atom is -0.493 e. The second kappa shape index (κ2) is 8.27. The maximum Gasteiger partial charge on any atom is 0.164 e. The van der Waals surface area contributed by atoms with Gasteiger partial charge in [0.1, 0.15) is 24.4 Å². The highest BCUT2D eigenvalue weighted by Gasteiger charge is 2.49. The highest BCUT2D eigenvalue weighted by Crippen LogP contribution is 2.38. The Morgan fingerprint density at radius 2 is 1.87 bits per heavy atom. The summed E-state index contributed by atoms with van der Waals surface area (Å²) in [6, 6.07) is 8.75. The van der Waals surface area contributed by atoms with E-state index in [1.807, 2.05) is 0 Å². The van der Waals surface area contributed by atoms with E-state index in [1.165, 1.54) is 6.33 Å². The fourth-order valence-electron chi connectivity index (χ4n) is 3.81. The summed E-state index contributed by atoms with van der Waals surface area (Å²) in [6.07, 6.45) is -1.18. The summed E-state index contributed by atoms with van der Waals surface area (Å²) in [5.41, 5.74) is 1.36. The number of nitrogens with zero attached hydrogens (tertiary/aromatic N) is 2. The van der Waals surface area contributed by atoms with Crippen molar-refractivity contribution in [1.82, 2.24) is 9.97 Å². The third-order valence-corrected chi connectivity index (χ3v) is 6.07. The van der Waals surface area contributed by atoms with Crippen LogP contribution in [0.2, 0.25) is 10.0 Å². The molecule has 0 saturated carbocycles. The van der Waals surface area contributed by atoms with Crippen molar-refractivity contribution in [2.24, 2.45) is 0 Å². The summed E-state index contributed by atoms with van der Waals surface area (Å²) in [4.78, 5) is 8.69. The Hall–Kier alpha value is -2.39. The topological polar surface area (TPSA) is 74.7 Å².